The normalized spacial score (nSPS) is 10.9. The molecule has 0 radical (unpaired) electrons. The second-order valence-corrected chi connectivity index (χ2v) is 4.69. The summed E-state index contributed by atoms with van der Waals surface area (Å²) in [5, 5.41) is 10.7. The minimum atomic E-state index is -0.814. The molecule has 2 aromatic rings. The number of carbonyl (C=O) groups is 1. The number of nitro groups is 1. The van der Waals surface area contributed by atoms with Gasteiger partial charge in [0.1, 0.15) is 16.7 Å². The van der Waals surface area contributed by atoms with E-state index in [1.54, 1.807) is 0 Å². The summed E-state index contributed by atoms with van der Waals surface area (Å²) in [6.45, 7) is 0. The van der Waals surface area contributed by atoms with E-state index in [4.69, 9.17) is 11.6 Å². The quantitative estimate of drug-likeness (QED) is 0.362. The monoisotopic (exact) mass is 323 g/mol. The van der Waals surface area contributed by atoms with Crippen LogP contribution in [0.4, 0.5) is 14.5 Å². The molecule has 0 spiro atoms. The fourth-order valence-corrected chi connectivity index (χ4v) is 1.89. The van der Waals surface area contributed by atoms with E-state index in [0.29, 0.717) is 6.07 Å². The molecule has 2 rings (SSSR count). The van der Waals surface area contributed by atoms with Gasteiger partial charge in [-0.3, -0.25) is 14.9 Å². The number of benzene rings is 2. The Hall–Kier alpha value is -2.60. The molecule has 0 saturated carbocycles. The molecular formula is C15H8ClF2NO3. The summed E-state index contributed by atoms with van der Waals surface area (Å²) in [7, 11) is 0. The molecule has 0 fully saturated rings. The van der Waals surface area contributed by atoms with Crippen molar-refractivity contribution in [2.24, 2.45) is 0 Å². The fraction of sp³-hybridized carbons (Fsp3) is 0. The summed E-state index contributed by atoms with van der Waals surface area (Å²) in [6.07, 6.45) is 2.21. The van der Waals surface area contributed by atoms with E-state index in [2.05, 4.69) is 0 Å². The number of carbonyl (C=O) groups excluding carboxylic acids is 1. The van der Waals surface area contributed by atoms with Crippen molar-refractivity contribution in [2.45, 2.75) is 0 Å². The standard InChI is InChI=1S/C15H8ClF2NO3/c16-12-5-2-10(7-14(12)19(21)22)15(20)6-3-9-1-4-11(17)8-13(9)18/h1-8H/b6-3+. The van der Waals surface area contributed by atoms with Crippen molar-refractivity contribution in [3.8, 4) is 0 Å². The third-order valence-corrected chi connectivity index (χ3v) is 3.12. The minimum Gasteiger partial charge on any atom is -0.289 e. The first-order valence-corrected chi connectivity index (χ1v) is 6.37. The molecule has 0 aliphatic heterocycles. The maximum absolute atomic E-state index is 13.4. The van der Waals surface area contributed by atoms with Gasteiger partial charge in [0.15, 0.2) is 5.78 Å². The number of hydrogen-bond acceptors (Lipinski definition) is 3. The lowest BCUT2D eigenvalue weighted by Crippen LogP contribution is -1.97. The average molecular weight is 324 g/mol. The van der Waals surface area contributed by atoms with Gasteiger partial charge in [-0.25, -0.2) is 8.78 Å². The number of ketones is 1. The van der Waals surface area contributed by atoms with Crippen molar-refractivity contribution in [3.05, 3.63) is 80.4 Å². The van der Waals surface area contributed by atoms with Crippen molar-refractivity contribution in [1.29, 1.82) is 0 Å². The van der Waals surface area contributed by atoms with Crippen LogP contribution in [-0.2, 0) is 0 Å². The van der Waals surface area contributed by atoms with Crippen molar-refractivity contribution >= 4 is 29.1 Å². The lowest BCUT2D eigenvalue weighted by molar-refractivity contribution is -0.384. The Kier molecular flexibility index (Phi) is 4.62. The molecule has 22 heavy (non-hydrogen) atoms. The highest BCUT2D eigenvalue weighted by atomic mass is 35.5. The van der Waals surface area contributed by atoms with Gasteiger partial charge < -0.3 is 0 Å². The van der Waals surface area contributed by atoms with Gasteiger partial charge in [0.05, 0.1) is 4.92 Å². The number of nitro benzene ring substituents is 1. The van der Waals surface area contributed by atoms with E-state index >= 15 is 0 Å². The van der Waals surface area contributed by atoms with Gasteiger partial charge in [0, 0.05) is 23.3 Å². The van der Waals surface area contributed by atoms with Crippen molar-refractivity contribution in [2.75, 3.05) is 0 Å². The molecule has 0 N–H and O–H groups in total. The Labute approximate surface area is 128 Å². The lowest BCUT2D eigenvalue weighted by atomic mass is 10.1. The van der Waals surface area contributed by atoms with Crippen molar-refractivity contribution < 1.29 is 18.5 Å². The van der Waals surface area contributed by atoms with Crippen LogP contribution in [0.25, 0.3) is 6.08 Å². The molecule has 7 heteroatoms. The molecule has 4 nitrogen and oxygen atoms in total. The van der Waals surface area contributed by atoms with Crippen LogP contribution >= 0.6 is 11.6 Å². The predicted molar refractivity (Wildman–Crippen MR) is 77.8 cm³/mol. The fourth-order valence-electron chi connectivity index (χ4n) is 1.70. The highest BCUT2D eigenvalue weighted by molar-refractivity contribution is 6.32. The molecular weight excluding hydrogens is 316 g/mol. The second-order valence-electron chi connectivity index (χ2n) is 4.29. The van der Waals surface area contributed by atoms with Crippen LogP contribution in [0.1, 0.15) is 15.9 Å². The molecule has 0 aliphatic rings. The SMILES string of the molecule is O=C(/C=C/c1ccc(F)cc1F)c1ccc(Cl)c([N+](=O)[O-])c1. The van der Waals surface area contributed by atoms with Gasteiger partial charge in [-0.05, 0) is 36.4 Å². The molecule has 2 aromatic carbocycles. The third-order valence-electron chi connectivity index (χ3n) is 2.80. The molecule has 112 valence electrons. The number of hydrogen-bond donors (Lipinski definition) is 0. The zero-order chi connectivity index (χ0) is 16.3. The Morgan fingerprint density at radius 1 is 1.18 bits per heavy atom. The summed E-state index contributed by atoms with van der Waals surface area (Å²) >= 11 is 5.65. The van der Waals surface area contributed by atoms with Gasteiger partial charge in [-0.2, -0.15) is 0 Å². The first-order chi connectivity index (χ1) is 10.4. The highest BCUT2D eigenvalue weighted by Gasteiger charge is 2.15. The van der Waals surface area contributed by atoms with E-state index in [9.17, 15) is 23.7 Å². The first kappa shape index (κ1) is 15.8. The number of rotatable bonds is 4. The van der Waals surface area contributed by atoms with Crippen LogP contribution < -0.4 is 0 Å². The molecule has 0 atom stereocenters. The highest BCUT2D eigenvalue weighted by Crippen LogP contribution is 2.25. The van der Waals surface area contributed by atoms with Gasteiger partial charge in [0.25, 0.3) is 5.69 Å². The molecule has 0 saturated heterocycles. The zero-order valence-electron chi connectivity index (χ0n) is 10.9. The molecule has 0 unspecified atom stereocenters. The summed E-state index contributed by atoms with van der Waals surface area (Å²) in [5.74, 6) is -2.11. The average Bonchev–Trinajstić information content (AvgIpc) is 2.46. The Bertz CT molecular complexity index is 790. The third kappa shape index (κ3) is 3.53. The van der Waals surface area contributed by atoms with Crippen LogP contribution in [0.15, 0.2) is 42.5 Å². The van der Waals surface area contributed by atoms with Crippen LogP contribution in [0.5, 0.6) is 0 Å². The van der Waals surface area contributed by atoms with Crippen LogP contribution in [0.2, 0.25) is 5.02 Å². The van der Waals surface area contributed by atoms with Gasteiger partial charge >= 0.3 is 0 Å². The maximum Gasteiger partial charge on any atom is 0.288 e. The zero-order valence-corrected chi connectivity index (χ0v) is 11.7. The number of nitrogens with zero attached hydrogens (tertiary/aromatic N) is 1. The molecule has 0 aromatic heterocycles. The van der Waals surface area contributed by atoms with Crippen molar-refractivity contribution in [1.82, 2.24) is 0 Å². The lowest BCUT2D eigenvalue weighted by Gasteiger charge is -1.99. The Morgan fingerprint density at radius 2 is 1.91 bits per heavy atom. The van der Waals surface area contributed by atoms with Gasteiger partial charge in [-0.15, -0.1) is 0 Å². The molecule has 0 heterocycles. The molecule has 0 aliphatic carbocycles. The maximum atomic E-state index is 13.4. The predicted octanol–water partition coefficient (Wildman–Crippen LogP) is 4.42. The summed E-state index contributed by atoms with van der Waals surface area (Å²) in [6, 6.07) is 6.52. The Balaban J connectivity index is 2.27. The number of allylic oxidation sites excluding steroid dienone is 1. The minimum absolute atomic E-state index is 0.0261. The van der Waals surface area contributed by atoms with Crippen LogP contribution in [-0.4, -0.2) is 10.7 Å². The van der Waals surface area contributed by atoms with E-state index in [1.807, 2.05) is 0 Å². The van der Waals surface area contributed by atoms with Gasteiger partial charge in [-0.1, -0.05) is 11.6 Å². The first-order valence-electron chi connectivity index (χ1n) is 6.00. The van der Waals surface area contributed by atoms with E-state index in [1.165, 1.54) is 18.2 Å². The second kappa shape index (κ2) is 6.44. The topological polar surface area (TPSA) is 60.2 Å². The smallest absolute Gasteiger partial charge is 0.288 e. The summed E-state index contributed by atoms with van der Waals surface area (Å²) in [5.41, 5.74) is -0.332. The van der Waals surface area contributed by atoms with Crippen LogP contribution in [0, 0.1) is 21.7 Å². The van der Waals surface area contributed by atoms with E-state index < -0.39 is 28.0 Å². The van der Waals surface area contributed by atoms with Gasteiger partial charge in [0.2, 0.25) is 0 Å². The van der Waals surface area contributed by atoms with Crippen molar-refractivity contribution in [3.63, 3.8) is 0 Å². The number of halogens is 3. The largest absolute Gasteiger partial charge is 0.289 e. The summed E-state index contributed by atoms with van der Waals surface area (Å²) in [4.78, 5) is 22.0. The van der Waals surface area contributed by atoms with E-state index in [0.717, 1.165) is 24.3 Å². The Morgan fingerprint density at radius 3 is 2.55 bits per heavy atom. The summed E-state index contributed by atoms with van der Waals surface area (Å²) < 4.78 is 26.2. The molecule has 0 bridgehead atoms. The molecule has 0 amide bonds. The van der Waals surface area contributed by atoms with Crippen LogP contribution in [0.3, 0.4) is 0 Å². The van der Waals surface area contributed by atoms with E-state index in [-0.39, 0.29) is 16.1 Å².